The number of imide groups is 1. The average molecular weight is 450 g/mol. The van der Waals surface area contributed by atoms with Gasteiger partial charge in [0.05, 0.1) is 11.3 Å². The monoisotopic (exact) mass is 450 g/mol. The van der Waals surface area contributed by atoms with Crippen molar-refractivity contribution in [3.8, 4) is 0 Å². The summed E-state index contributed by atoms with van der Waals surface area (Å²) in [6.07, 6.45) is 0. The molecule has 0 atom stereocenters. The van der Waals surface area contributed by atoms with Crippen molar-refractivity contribution < 1.29 is 22.8 Å². The third kappa shape index (κ3) is 4.26. The second kappa shape index (κ2) is 8.24. The quantitative estimate of drug-likeness (QED) is 0.512. The molecule has 0 bridgehead atoms. The van der Waals surface area contributed by atoms with E-state index in [1.165, 1.54) is 12.1 Å². The van der Waals surface area contributed by atoms with Crippen LogP contribution in [0.2, 0.25) is 0 Å². The van der Waals surface area contributed by atoms with E-state index < -0.39 is 35.0 Å². The highest BCUT2D eigenvalue weighted by molar-refractivity contribution is 6.46. The largest absolute Gasteiger partial charge is 0.350 e. The summed E-state index contributed by atoms with van der Waals surface area (Å²) < 4.78 is 41.7. The van der Waals surface area contributed by atoms with Gasteiger partial charge in [-0.15, -0.1) is 0 Å². The predicted molar refractivity (Wildman–Crippen MR) is 121 cm³/mol. The van der Waals surface area contributed by atoms with E-state index in [0.29, 0.717) is 10.6 Å². The molecule has 0 saturated carbocycles. The Balaban J connectivity index is 1.80. The Bertz CT molecular complexity index is 1270. The second-order valence-electron chi connectivity index (χ2n) is 8.75. The minimum atomic E-state index is -0.924. The van der Waals surface area contributed by atoms with E-state index in [2.05, 4.69) is 26.1 Å². The van der Waals surface area contributed by atoms with Crippen LogP contribution in [0.4, 0.5) is 24.5 Å². The van der Waals surface area contributed by atoms with Crippen LogP contribution in [0.1, 0.15) is 31.9 Å². The zero-order chi connectivity index (χ0) is 23.9. The lowest BCUT2D eigenvalue weighted by atomic mass is 9.87. The van der Waals surface area contributed by atoms with Crippen molar-refractivity contribution in [3.63, 3.8) is 0 Å². The Kier molecular flexibility index (Phi) is 5.57. The van der Waals surface area contributed by atoms with Gasteiger partial charge in [-0.25, -0.2) is 18.1 Å². The molecule has 0 aromatic heterocycles. The van der Waals surface area contributed by atoms with E-state index in [0.717, 1.165) is 35.9 Å². The van der Waals surface area contributed by atoms with Gasteiger partial charge in [0.2, 0.25) is 0 Å². The molecule has 33 heavy (non-hydrogen) atoms. The summed E-state index contributed by atoms with van der Waals surface area (Å²) >= 11 is 0. The molecule has 0 radical (unpaired) electrons. The van der Waals surface area contributed by atoms with Crippen LogP contribution in [0.25, 0.3) is 5.57 Å². The fourth-order valence-corrected chi connectivity index (χ4v) is 3.60. The standard InChI is InChI=1S/C26H21F3N2O2/c1-26(2,3)16-6-11-19(12-7-16)30-23-22(15-4-8-17(27)9-5-15)24(32)31(25(23)33)21-14-18(28)10-13-20(21)29/h4-14,30H,1-3H3. The van der Waals surface area contributed by atoms with Gasteiger partial charge >= 0.3 is 0 Å². The first-order chi connectivity index (χ1) is 15.6. The predicted octanol–water partition coefficient (Wildman–Crippen LogP) is 5.80. The molecule has 0 saturated heterocycles. The van der Waals surface area contributed by atoms with Crippen LogP contribution >= 0.6 is 0 Å². The molecular weight excluding hydrogens is 429 g/mol. The maximum Gasteiger partial charge on any atom is 0.282 e. The molecule has 0 fully saturated rings. The summed E-state index contributed by atoms with van der Waals surface area (Å²) in [6.45, 7) is 6.19. The van der Waals surface area contributed by atoms with Crippen LogP contribution in [0.3, 0.4) is 0 Å². The van der Waals surface area contributed by atoms with E-state index in [9.17, 15) is 22.8 Å². The van der Waals surface area contributed by atoms with Crippen LogP contribution in [0.15, 0.2) is 72.4 Å². The van der Waals surface area contributed by atoms with E-state index in [1.54, 1.807) is 12.1 Å². The number of benzene rings is 3. The lowest BCUT2D eigenvalue weighted by Crippen LogP contribution is -2.33. The first-order valence-electron chi connectivity index (χ1n) is 10.3. The Morgan fingerprint density at radius 3 is 1.97 bits per heavy atom. The third-order valence-corrected chi connectivity index (χ3v) is 5.39. The molecular formula is C26H21F3N2O2. The lowest BCUT2D eigenvalue weighted by molar-refractivity contribution is -0.120. The third-order valence-electron chi connectivity index (χ3n) is 5.39. The lowest BCUT2D eigenvalue weighted by Gasteiger charge is -2.19. The summed E-state index contributed by atoms with van der Waals surface area (Å²) in [6, 6.07) is 14.9. The molecule has 3 aromatic carbocycles. The number of hydrogen-bond donors (Lipinski definition) is 1. The van der Waals surface area contributed by atoms with E-state index in [-0.39, 0.29) is 22.2 Å². The molecule has 1 aliphatic rings. The minimum Gasteiger partial charge on any atom is -0.350 e. The number of nitrogens with one attached hydrogen (secondary N) is 1. The smallest absolute Gasteiger partial charge is 0.282 e. The van der Waals surface area contributed by atoms with Crippen LogP contribution in [-0.2, 0) is 15.0 Å². The van der Waals surface area contributed by atoms with Crippen molar-refractivity contribution in [2.75, 3.05) is 10.2 Å². The first kappa shape index (κ1) is 22.3. The topological polar surface area (TPSA) is 49.4 Å². The van der Waals surface area contributed by atoms with E-state index >= 15 is 0 Å². The van der Waals surface area contributed by atoms with E-state index in [1.807, 2.05) is 12.1 Å². The zero-order valence-corrected chi connectivity index (χ0v) is 18.2. The Hall–Kier alpha value is -3.87. The van der Waals surface area contributed by atoms with Gasteiger partial charge in [0.25, 0.3) is 11.8 Å². The van der Waals surface area contributed by atoms with Crippen molar-refractivity contribution in [1.82, 2.24) is 0 Å². The first-order valence-corrected chi connectivity index (χ1v) is 10.3. The van der Waals surface area contributed by atoms with Crippen LogP contribution in [0, 0.1) is 17.5 Å². The molecule has 4 nitrogen and oxygen atoms in total. The molecule has 0 unspecified atom stereocenters. The van der Waals surface area contributed by atoms with Crippen LogP contribution in [-0.4, -0.2) is 11.8 Å². The van der Waals surface area contributed by atoms with Crippen molar-refractivity contribution in [2.24, 2.45) is 0 Å². The summed E-state index contributed by atoms with van der Waals surface area (Å²) in [7, 11) is 0. The molecule has 0 aliphatic carbocycles. The second-order valence-corrected chi connectivity index (χ2v) is 8.75. The van der Waals surface area contributed by atoms with Crippen molar-refractivity contribution in [2.45, 2.75) is 26.2 Å². The summed E-state index contributed by atoms with van der Waals surface area (Å²) in [5.41, 5.74) is 1.11. The molecule has 1 N–H and O–H groups in total. The summed E-state index contributed by atoms with van der Waals surface area (Å²) in [5, 5.41) is 2.95. The number of hydrogen-bond acceptors (Lipinski definition) is 3. The minimum absolute atomic E-state index is 0.0661. The summed E-state index contributed by atoms with van der Waals surface area (Å²) in [5.74, 6) is -3.92. The molecule has 1 heterocycles. The van der Waals surface area contributed by atoms with Gasteiger partial charge in [-0.05, 0) is 52.9 Å². The van der Waals surface area contributed by atoms with Gasteiger partial charge in [0.1, 0.15) is 23.1 Å². The number of nitrogens with zero attached hydrogens (tertiary/aromatic N) is 1. The Morgan fingerprint density at radius 1 is 0.758 bits per heavy atom. The number of anilines is 2. The van der Waals surface area contributed by atoms with Crippen molar-refractivity contribution >= 4 is 28.8 Å². The van der Waals surface area contributed by atoms with Gasteiger partial charge < -0.3 is 5.32 Å². The molecule has 4 rings (SSSR count). The number of rotatable bonds is 4. The molecule has 0 spiro atoms. The fraction of sp³-hybridized carbons (Fsp3) is 0.154. The molecule has 1 aliphatic heterocycles. The molecule has 2 amide bonds. The maximum atomic E-state index is 14.5. The fourth-order valence-electron chi connectivity index (χ4n) is 3.60. The number of halogens is 3. The summed E-state index contributed by atoms with van der Waals surface area (Å²) in [4.78, 5) is 27.1. The Labute approximate surface area is 189 Å². The van der Waals surface area contributed by atoms with Gasteiger partial charge in [-0.1, -0.05) is 45.0 Å². The number of carbonyl (C=O) groups is 2. The van der Waals surface area contributed by atoms with Crippen LogP contribution in [0.5, 0.6) is 0 Å². The molecule has 168 valence electrons. The highest BCUT2D eigenvalue weighted by Gasteiger charge is 2.41. The highest BCUT2D eigenvalue weighted by atomic mass is 19.1. The van der Waals surface area contributed by atoms with Crippen molar-refractivity contribution in [1.29, 1.82) is 0 Å². The maximum absolute atomic E-state index is 14.5. The van der Waals surface area contributed by atoms with E-state index in [4.69, 9.17) is 0 Å². The van der Waals surface area contributed by atoms with Crippen LogP contribution < -0.4 is 10.2 Å². The number of carbonyl (C=O) groups excluding carboxylic acids is 2. The highest BCUT2D eigenvalue weighted by Crippen LogP contribution is 2.35. The van der Waals surface area contributed by atoms with Gasteiger partial charge in [-0.2, -0.15) is 0 Å². The zero-order valence-electron chi connectivity index (χ0n) is 18.2. The average Bonchev–Trinajstić information content (AvgIpc) is 3.00. The Morgan fingerprint density at radius 2 is 1.36 bits per heavy atom. The number of amides is 2. The van der Waals surface area contributed by atoms with Gasteiger partial charge in [0.15, 0.2) is 0 Å². The normalized spacial score (nSPS) is 14.3. The van der Waals surface area contributed by atoms with Crippen molar-refractivity contribution in [3.05, 3.63) is 101 Å². The molecule has 7 heteroatoms. The van der Waals surface area contributed by atoms with Gasteiger partial charge in [-0.3, -0.25) is 9.59 Å². The SMILES string of the molecule is CC(C)(C)c1ccc(NC2=C(c3ccc(F)cc3)C(=O)N(c3cc(F)ccc3F)C2=O)cc1. The molecule has 3 aromatic rings. The van der Waals surface area contributed by atoms with Gasteiger partial charge in [0, 0.05) is 11.8 Å².